The average Bonchev–Trinajstić information content (AvgIpc) is 2.49. The van der Waals surface area contributed by atoms with Gasteiger partial charge in [-0.1, -0.05) is 0 Å². The van der Waals surface area contributed by atoms with E-state index in [1.807, 2.05) is 5.32 Å². The van der Waals surface area contributed by atoms with Gasteiger partial charge >= 0.3 is 0 Å². The Labute approximate surface area is 121 Å². The quantitative estimate of drug-likeness (QED) is 0.271. The predicted molar refractivity (Wildman–Crippen MR) is 66.9 cm³/mol. The van der Waals surface area contributed by atoms with Crippen molar-refractivity contribution in [3.8, 4) is 0 Å². The van der Waals surface area contributed by atoms with E-state index < -0.39 is 49.5 Å². The number of hydrogen-bond donors (Lipinski definition) is 7. The molecule has 2 aliphatic heterocycles. The van der Waals surface area contributed by atoms with E-state index in [0.29, 0.717) is 13.1 Å². The highest BCUT2D eigenvalue weighted by Gasteiger charge is 2.46. The number of nitrogens with two attached hydrogens (primary N) is 1. The third-order valence-corrected chi connectivity index (χ3v) is 4.12. The number of rotatable bonds is 4. The summed E-state index contributed by atoms with van der Waals surface area (Å²) in [5.74, 6) is -0.353. The smallest absolute Gasteiger partial charge is 0.187 e. The standard InChI is InChI=1S/C12H23NO8/c14-3-5-1-13-2-6(8(5)16)20-12-11(19)10(18)9(17)7(4-15)21-12/h5-19H,1-4H2/p+1/t5-,6-,7-,8-,9-,10+,11-,12+/m1/s1. The number of ether oxygens (including phenoxy) is 2. The maximum atomic E-state index is 10.1. The third-order valence-electron chi connectivity index (χ3n) is 4.12. The SMILES string of the molecule is OC[C@H]1C[NH2+]C[C@@H](O[C@H]2O[C@H](CO)[C@@H](O)[C@H](O)[C@H]2O)[C@@H]1O. The molecule has 0 radical (unpaired) electrons. The first-order chi connectivity index (χ1) is 9.99. The normalized spacial score (nSPS) is 48.3. The molecule has 2 saturated heterocycles. The Kier molecular flexibility index (Phi) is 5.88. The van der Waals surface area contributed by atoms with E-state index in [9.17, 15) is 25.5 Å². The summed E-state index contributed by atoms with van der Waals surface area (Å²) in [6.45, 7) is 0.245. The summed E-state index contributed by atoms with van der Waals surface area (Å²) in [5.41, 5.74) is 0. The van der Waals surface area contributed by atoms with Crippen molar-refractivity contribution in [1.82, 2.24) is 0 Å². The first-order valence-electron chi connectivity index (χ1n) is 7.06. The van der Waals surface area contributed by atoms with Crippen LogP contribution in [0, 0.1) is 5.92 Å². The summed E-state index contributed by atoms with van der Waals surface area (Å²) >= 11 is 0. The van der Waals surface area contributed by atoms with E-state index in [0.717, 1.165) is 0 Å². The van der Waals surface area contributed by atoms with E-state index in [2.05, 4.69) is 0 Å². The zero-order chi connectivity index (χ0) is 15.6. The molecule has 124 valence electrons. The first-order valence-corrected chi connectivity index (χ1v) is 7.06. The van der Waals surface area contributed by atoms with Gasteiger partial charge in [0.2, 0.25) is 0 Å². The summed E-state index contributed by atoms with van der Waals surface area (Å²) in [4.78, 5) is 0. The largest absolute Gasteiger partial charge is 0.396 e. The van der Waals surface area contributed by atoms with Crippen LogP contribution in [0.5, 0.6) is 0 Å². The van der Waals surface area contributed by atoms with Gasteiger partial charge in [-0.05, 0) is 0 Å². The molecule has 2 fully saturated rings. The molecule has 9 heteroatoms. The van der Waals surface area contributed by atoms with Crippen molar-refractivity contribution in [2.45, 2.75) is 42.9 Å². The number of aliphatic hydroxyl groups is 6. The second-order valence-electron chi connectivity index (χ2n) is 5.57. The zero-order valence-corrected chi connectivity index (χ0v) is 11.5. The van der Waals surface area contributed by atoms with Gasteiger partial charge in [-0.2, -0.15) is 0 Å². The van der Waals surface area contributed by atoms with Crippen molar-refractivity contribution in [2.24, 2.45) is 5.92 Å². The minimum absolute atomic E-state index is 0.188. The van der Waals surface area contributed by atoms with E-state index in [4.69, 9.17) is 14.6 Å². The molecule has 2 heterocycles. The molecule has 2 rings (SSSR count). The molecular weight excluding hydrogens is 286 g/mol. The van der Waals surface area contributed by atoms with Crippen molar-refractivity contribution in [2.75, 3.05) is 26.3 Å². The Balaban J connectivity index is 2.00. The van der Waals surface area contributed by atoms with Crippen molar-refractivity contribution >= 4 is 0 Å². The lowest BCUT2D eigenvalue weighted by atomic mass is 9.94. The topological polar surface area (TPSA) is 156 Å². The molecule has 0 saturated carbocycles. The van der Waals surface area contributed by atoms with Gasteiger partial charge in [0.15, 0.2) is 6.29 Å². The van der Waals surface area contributed by atoms with Crippen LogP contribution >= 0.6 is 0 Å². The van der Waals surface area contributed by atoms with Crippen molar-refractivity contribution < 1.29 is 45.4 Å². The van der Waals surface area contributed by atoms with Gasteiger partial charge in [0.1, 0.15) is 37.1 Å². The minimum Gasteiger partial charge on any atom is -0.396 e. The summed E-state index contributed by atoms with van der Waals surface area (Å²) in [7, 11) is 0. The lowest BCUT2D eigenvalue weighted by Gasteiger charge is -2.42. The lowest BCUT2D eigenvalue weighted by Crippen LogP contribution is -2.92. The molecule has 0 aromatic heterocycles. The van der Waals surface area contributed by atoms with Gasteiger partial charge in [-0.25, -0.2) is 0 Å². The maximum absolute atomic E-state index is 10.1. The van der Waals surface area contributed by atoms with Gasteiger partial charge < -0.3 is 45.4 Å². The fraction of sp³-hybridized carbons (Fsp3) is 1.00. The van der Waals surface area contributed by atoms with Gasteiger partial charge in [-0.15, -0.1) is 0 Å². The van der Waals surface area contributed by atoms with E-state index >= 15 is 0 Å². The summed E-state index contributed by atoms with van der Waals surface area (Å²) in [6.07, 6.45) is -8.40. The number of quaternary nitrogens is 1. The second-order valence-corrected chi connectivity index (χ2v) is 5.57. The monoisotopic (exact) mass is 310 g/mol. The Morgan fingerprint density at radius 1 is 0.905 bits per heavy atom. The highest BCUT2D eigenvalue weighted by atomic mass is 16.7. The van der Waals surface area contributed by atoms with E-state index in [-0.39, 0.29) is 12.5 Å². The van der Waals surface area contributed by atoms with Crippen LogP contribution in [0.1, 0.15) is 0 Å². The number of aliphatic hydroxyl groups excluding tert-OH is 6. The van der Waals surface area contributed by atoms with E-state index in [1.54, 1.807) is 0 Å². The van der Waals surface area contributed by atoms with Crippen LogP contribution in [-0.2, 0) is 9.47 Å². The molecule has 0 amide bonds. The molecule has 8 N–H and O–H groups in total. The molecule has 0 spiro atoms. The molecule has 0 aromatic carbocycles. The fourth-order valence-corrected chi connectivity index (χ4v) is 2.73. The Morgan fingerprint density at radius 2 is 1.62 bits per heavy atom. The minimum atomic E-state index is -1.51. The summed E-state index contributed by atoms with van der Waals surface area (Å²) in [6, 6.07) is 0. The lowest BCUT2D eigenvalue weighted by molar-refractivity contribution is -0.682. The number of hydrogen-bond acceptors (Lipinski definition) is 8. The van der Waals surface area contributed by atoms with Crippen LogP contribution in [0.3, 0.4) is 0 Å². The Hall–Kier alpha value is -0.360. The number of piperidine rings is 1. The van der Waals surface area contributed by atoms with Crippen molar-refractivity contribution in [1.29, 1.82) is 0 Å². The molecule has 8 atom stereocenters. The van der Waals surface area contributed by atoms with Crippen LogP contribution in [-0.4, -0.2) is 99.9 Å². The highest BCUT2D eigenvalue weighted by Crippen LogP contribution is 2.24. The summed E-state index contributed by atoms with van der Waals surface area (Å²) < 4.78 is 10.7. The molecule has 2 aliphatic rings. The van der Waals surface area contributed by atoms with Crippen LogP contribution in [0.2, 0.25) is 0 Å². The van der Waals surface area contributed by atoms with Gasteiger partial charge in [0.05, 0.1) is 31.8 Å². The molecule has 0 unspecified atom stereocenters. The third kappa shape index (κ3) is 3.52. The molecule has 0 aliphatic carbocycles. The average molecular weight is 310 g/mol. The summed E-state index contributed by atoms with van der Waals surface area (Å²) in [5, 5.41) is 59.5. The molecule has 0 bridgehead atoms. The van der Waals surface area contributed by atoms with Gasteiger partial charge in [0, 0.05) is 0 Å². The predicted octanol–water partition coefficient (Wildman–Crippen LogP) is -5.28. The highest BCUT2D eigenvalue weighted by molar-refractivity contribution is 4.90. The zero-order valence-electron chi connectivity index (χ0n) is 11.5. The first kappa shape index (κ1) is 17.0. The molecule has 9 nitrogen and oxygen atoms in total. The Morgan fingerprint density at radius 3 is 2.24 bits per heavy atom. The van der Waals surface area contributed by atoms with Crippen LogP contribution in [0.25, 0.3) is 0 Å². The van der Waals surface area contributed by atoms with Crippen LogP contribution in [0.15, 0.2) is 0 Å². The second kappa shape index (κ2) is 7.27. The van der Waals surface area contributed by atoms with E-state index in [1.165, 1.54) is 0 Å². The van der Waals surface area contributed by atoms with Gasteiger partial charge in [0.25, 0.3) is 0 Å². The molecule has 21 heavy (non-hydrogen) atoms. The molecule has 0 aromatic rings. The van der Waals surface area contributed by atoms with Crippen molar-refractivity contribution in [3.63, 3.8) is 0 Å². The fourth-order valence-electron chi connectivity index (χ4n) is 2.73. The van der Waals surface area contributed by atoms with Crippen LogP contribution in [0.4, 0.5) is 0 Å². The maximum Gasteiger partial charge on any atom is 0.187 e. The Bertz CT molecular complexity index is 330. The van der Waals surface area contributed by atoms with Gasteiger partial charge in [-0.3, -0.25) is 0 Å². The van der Waals surface area contributed by atoms with Crippen LogP contribution < -0.4 is 5.32 Å². The van der Waals surface area contributed by atoms with Crippen molar-refractivity contribution in [3.05, 3.63) is 0 Å². The molecular formula is C12H24NO8+.